The SMILES string of the molecule is C=C(CCc1ccc(C(=O)C(C)(C)N(C)CCC)cc1)N(C)CCO. The summed E-state index contributed by atoms with van der Waals surface area (Å²) in [5, 5.41) is 8.97. The van der Waals surface area contributed by atoms with E-state index in [-0.39, 0.29) is 12.4 Å². The van der Waals surface area contributed by atoms with E-state index in [1.807, 2.05) is 57.1 Å². The van der Waals surface area contributed by atoms with Crippen molar-refractivity contribution in [2.45, 2.75) is 45.6 Å². The summed E-state index contributed by atoms with van der Waals surface area (Å²) < 4.78 is 0. The van der Waals surface area contributed by atoms with Gasteiger partial charge in [0.1, 0.15) is 0 Å². The Morgan fingerprint density at radius 3 is 2.28 bits per heavy atom. The van der Waals surface area contributed by atoms with Gasteiger partial charge in [0.25, 0.3) is 0 Å². The molecule has 0 aliphatic heterocycles. The van der Waals surface area contributed by atoms with E-state index in [0.29, 0.717) is 6.54 Å². The Labute approximate surface area is 153 Å². The third-order valence-corrected chi connectivity index (χ3v) is 4.96. The Morgan fingerprint density at radius 2 is 1.76 bits per heavy atom. The summed E-state index contributed by atoms with van der Waals surface area (Å²) in [6, 6.07) is 7.92. The minimum atomic E-state index is -0.501. The van der Waals surface area contributed by atoms with Crippen LogP contribution in [0, 0.1) is 0 Å². The molecule has 140 valence electrons. The Morgan fingerprint density at radius 1 is 1.16 bits per heavy atom. The zero-order chi connectivity index (χ0) is 19.0. The van der Waals surface area contributed by atoms with Gasteiger partial charge >= 0.3 is 0 Å². The molecule has 0 amide bonds. The van der Waals surface area contributed by atoms with E-state index in [4.69, 9.17) is 5.11 Å². The molecule has 4 nitrogen and oxygen atoms in total. The first-order chi connectivity index (χ1) is 11.7. The van der Waals surface area contributed by atoms with Gasteiger partial charge in [-0.3, -0.25) is 9.69 Å². The van der Waals surface area contributed by atoms with Crippen molar-refractivity contribution >= 4 is 5.78 Å². The topological polar surface area (TPSA) is 43.8 Å². The first kappa shape index (κ1) is 21.4. The van der Waals surface area contributed by atoms with E-state index < -0.39 is 5.54 Å². The number of aliphatic hydroxyl groups excluding tert-OH is 1. The van der Waals surface area contributed by atoms with Crippen LogP contribution in [0.3, 0.4) is 0 Å². The second kappa shape index (κ2) is 9.73. The highest BCUT2D eigenvalue weighted by atomic mass is 16.3. The van der Waals surface area contributed by atoms with Crippen LogP contribution in [0.15, 0.2) is 36.5 Å². The number of carbonyl (C=O) groups excluding carboxylic acids is 1. The number of hydrogen-bond acceptors (Lipinski definition) is 4. The first-order valence-electron chi connectivity index (χ1n) is 9.08. The van der Waals surface area contributed by atoms with Gasteiger partial charge in [0.15, 0.2) is 5.78 Å². The molecule has 0 heterocycles. The van der Waals surface area contributed by atoms with E-state index in [1.165, 1.54) is 5.56 Å². The maximum Gasteiger partial charge on any atom is 0.182 e. The van der Waals surface area contributed by atoms with Gasteiger partial charge in [0, 0.05) is 24.9 Å². The van der Waals surface area contributed by atoms with Crippen molar-refractivity contribution in [2.24, 2.45) is 0 Å². The summed E-state index contributed by atoms with van der Waals surface area (Å²) >= 11 is 0. The molecule has 1 aromatic rings. The summed E-state index contributed by atoms with van der Waals surface area (Å²) in [7, 11) is 3.94. The average Bonchev–Trinajstić information content (AvgIpc) is 2.59. The fourth-order valence-electron chi connectivity index (χ4n) is 2.75. The normalized spacial score (nSPS) is 11.6. The average molecular weight is 347 g/mol. The summed E-state index contributed by atoms with van der Waals surface area (Å²) in [6.45, 7) is 11.8. The molecule has 0 spiro atoms. The number of likely N-dealkylation sites (N-methyl/N-ethyl adjacent to an activating group) is 2. The quantitative estimate of drug-likeness (QED) is 0.624. The lowest BCUT2D eigenvalue weighted by Gasteiger charge is -2.34. The van der Waals surface area contributed by atoms with E-state index in [0.717, 1.165) is 37.1 Å². The van der Waals surface area contributed by atoms with Crippen LogP contribution < -0.4 is 0 Å². The van der Waals surface area contributed by atoms with Gasteiger partial charge in [-0.1, -0.05) is 37.8 Å². The third-order valence-electron chi connectivity index (χ3n) is 4.96. The molecule has 0 fully saturated rings. The molecule has 0 radical (unpaired) electrons. The molecule has 0 aliphatic rings. The monoisotopic (exact) mass is 346 g/mol. The number of allylic oxidation sites excluding steroid dienone is 1. The number of rotatable bonds is 11. The number of aliphatic hydroxyl groups is 1. The Balaban J connectivity index is 2.70. The lowest BCUT2D eigenvalue weighted by Crippen LogP contribution is -2.48. The number of carbonyl (C=O) groups is 1. The molecule has 1 N–H and O–H groups in total. The molecular weight excluding hydrogens is 312 g/mol. The second-order valence-corrected chi connectivity index (χ2v) is 7.22. The Kier molecular flexibility index (Phi) is 8.33. The van der Waals surface area contributed by atoms with E-state index in [1.54, 1.807) is 0 Å². The van der Waals surface area contributed by atoms with Crippen molar-refractivity contribution in [1.82, 2.24) is 9.80 Å². The van der Waals surface area contributed by atoms with Crippen molar-refractivity contribution in [2.75, 3.05) is 33.8 Å². The van der Waals surface area contributed by atoms with E-state index in [2.05, 4.69) is 18.4 Å². The Hall–Kier alpha value is -1.65. The summed E-state index contributed by atoms with van der Waals surface area (Å²) in [5.74, 6) is 0.155. The van der Waals surface area contributed by atoms with Crippen LogP contribution in [0.25, 0.3) is 0 Å². The zero-order valence-electron chi connectivity index (χ0n) is 16.5. The van der Waals surface area contributed by atoms with Crippen molar-refractivity contribution < 1.29 is 9.90 Å². The predicted molar refractivity (Wildman–Crippen MR) is 105 cm³/mol. The van der Waals surface area contributed by atoms with Crippen molar-refractivity contribution in [3.8, 4) is 0 Å². The van der Waals surface area contributed by atoms with Gasteiger partial charge in [-0.05, 0) is 52.3 Å². The molecule has 0 aromatic heterocycles. The van der Waals surface area contributed by atoms with Crippen LogP contribution >= 0.6 is 0 Å². The number of hydrogen-bond donors (Lipinski definition) is 1. The van der Waals surface area contributed by atoms with Gasteiger partial charge < -0.3 is 10.0 Å². The highest BCUT2D eigenvalue weighted by Gasteiger charge is 2.32. The number of aryl methyl sites for hydroxylation is 1. The highest BCUT2D eigenvalue weighted by Crippen LogP contribution is 2.20. The van der Waals surface area contributed by atoms with Gasteiger partial charge in [0.2, 0.25) is 0 Å². The number of Topliss-reactive ketones (excluding diaryl/α,β-unsaturated/α-hetero) is 1. The van der Waals surface area contributed by atoms with Crippen LogP contribution in [0.5, 0.6) is 0 Å². The van der Waals surface area contributed by atoms with E-state index in [9.17, 15) is 4.79 Å². The van der Waals surface area contributed by atoms with Gasteiger partial charge in [0.05, 0.1) is 12.1 Å². The fourth-order valence-corrected chi connectivity index (χ4v) is 2.75. The largest absolute Gasteiger partial charge is 0.395 e. The minimum Gasteiger partial charge on any atom is -0.395 e. The van der Waals surface area contributed by atoms with Gasteiger partial charge in [-0.15, -0.1) is 0 Å². The molecule has 1 rings (SSSR count). The zero-order valence-corrected chi connectivity index (χ0v) is 16.5. The second-order valence-electron chi connectivity index (χ2n) is 7.22. The summed E-state index contributed by atoms with van der Waals surface area (Å²) in [4.78, 5) is 16.9. The molecule has 0 atom stereocenters. The van der Waals surface area contributed by atoms with Crippen LogP contribution in [-0.4, -0.2) is 60.0 Å². The van der Waals surface area contributed by atoms with Crippen LogP contribution in [0.2, 0.25) is 0 Å². The van der Waals surface area contributed by atoms with Crippen molar-refractivity contribution in [3.63, 3.8) is 0 Å². The molecule has 1 aromatic carbocycles. The molecule has 0 saturated heterocycles. The standard InChI is InChI=1S/C21H34N2O2/c1-7-14-23(6)21(3,4)20(25)19-12-10-18(11-13-19)9-8-17(2)22(5)15-16-24/h10-13,24H,2,7-9,14-16H2,1,3-6H3. The van der Waals surface area contributed by atoms with Crippen molar-refractivity contribution in [1.29, 1.82) is 0 Å². The molecule has 0 aliphatic carbocycles. The molecule has 25 heavy (non-hydrogen) atoms. The molecule has 4 heteroatoms. The summed E-state index contributed by atoms with van der Waals surface area (Å²) in [5.41, 5.74) is 2.46. The molecule has 0 bridgehead atoms. The maximum absolute atomic E-state index is 12.8. The third kappa shape index (κ3) is 5.98. The predicted octanol–water partition coefficient (Wildman–Crippen LogP) is 3.36. The van der Waals surface area contributed by atoms with E-state index >= 15 is 0 Å². The number of nitrogens with zero attached hydrogens (tertiary/aromatic N) is 2. The highest BCUT2D eigenvalue weighted by molar-refractivity contribution is 6.02. The maximum atomic E-state index is 12.8. The number of ketones is 1. The summed E-state index contributed by atoms with van der Waals surface area (Å²) in [6.07, 6.45) is 2.75. The van der Waals surface area contributed by atoms with Crippen LogP contribution in [-0.2, 0) is 6.42 Å². The minimum absolute atomic E-state index is 0.134. The van der Waals surface area contributed by atoms with Gasteiger partial charge in [-0.25, -0.2) is 0 Å². The number of benzene rings is 1. The molecule has 0 saturated carbocycles. The van der Waals surface area contributed by atoms with Gasteiger partial charge in [-0.2, -0.15) is 0 Å². The lowest BCUT2D eigenvalue weighted by atomic mass is 9.90. The van der Waals surface area contributed by atoms with Crippen molar-refractivity contribution in [3.05, 3.63) is 47.7 Å². The fraction of sp³-hybridized carbons (Fsp3) is 0.571. The van der Waals surface area contributed by atoms with Crippen LogP contribution in [0.4, 0.5) is 0 Å². The van der Waals surface area contributed by atoms with Crippen LogP contribution in [0.1, 0.15) is 49.5 Å². The first-order valence-corrected chi connectivity index (χ1v) is 9.08. The molecule has 0 unspecified atom stereocenters. The molecular formula is C21H34N2O2. The smallest absolute Gasteiger partial charge is 0.182 e. The lowest BCUT2D eigenvalue weighted by molar-refractivity contribution is 0.0707. The Bertz CT molecular complexity index is 564.